The minimum absolute atomic E-state index is 0.198. The second-order valence-corrected chi connectivity index (χ2v) is 5.52. The van der Waals surface area contributed by atoms with Gasteiger partial charge >= 0.3 is 0 Å². The molecule has 0 saturated carbocycles. The van der Waals surface area contributed by atoms with E-state index in [2.05, 4.69) is 40.2 Å². The summed E-state index contributed by atoms with van der Waals surface area (Å²) < 4.78 is 11.4. The van der Waals surface area contributed by atoms with Gasteiger partial charge in [0.2, 0.25) is 0 Å². The topological polar surface area (TPSA) is 18.5 Å². The van der Waals surface area contributed by atoms with E-state index in [9.17, 15) is 0 Å². The summed E-state index contributed by atoms with van der Waals surface area (Å²) in [6.45, 7) is 4.81. The first kappa shape index (κ1) is 14.2. The Balaban J connectivity index is 2.15. The van der Waals surface area contributed by atoms with Crippen LogP contribution in [0, 0.1) is 0 Å². The zero-order chi connectivity index (χ0) is 13.7. The van der Waals surface area contributed by atoms with Gasteiger partial charge in [0, 0.05) is 5.33 Å². The number of alkyl halides is 1. The average molecular weight is 323 g/mol. The van der Waals surface area contributed by atoms with Crippen LogP contribution in [-0.2, 0) is 0 Å². The summed E-state index contributed by atoms with van der Waals surface area (Å²) in [6, 6.07) is 12.3. The van der Waals surface area contributed by atoms with Gasteiger partial charge in [0.1, 0.15) is 11.5 Å². The fourth-order valence-electron chi connectivity index (χ4n) is 1.88. The van der Waals surface area contributed by atoms with Crippen LogP contribution in [0.25, 0.3) is 10.8 Å². The van der Waals surface area contributed by atoms with E-state index in [-0.39, 0.29) is 6.10 Å². The lowest BCUT2D eigenvalue weighted by atomic mass is 10.1. The van der Waals surface area contributed by atoms with Crippen LogP contribution < -0.4 is 9.47 Å². The zero-order valence-corrected chi connectivity index (χ0v) is 12.9. The SMILES string of the molecule is CC(C)Oc1ccc2cc(OCCCBr)ccc2c1. The summed E-state index contributed by atoms with van der Waals surface area (Å²) in [7, 11) is 0. The van der Waals surface area contributed by atoms with Crippen molar-refractivity contribution in [1.82, 2.24) is 0 Å². The van der Waals surface area contributed by atoms with Gasteiger partial charge in [0.05, 0.1) is 12.7 Å². The molecule has 2 nitrogen and oxygen atoms in total. The largest absolute Gasteiger partial charge is 0.494 e. The maximum atomic E-state index is 5.70. The number of benzene rings is 2. The lowest BCUT2D eigenvalue weighted by molar-refractivity contribution is 0.243. The highest BCUT2D eigenvalue weighted by Crippen LogP contribution is 2.25. The number of fused-ring (bicyclic) bond motifs is 1. The number of halogens is 1. The monoisotopic (exact) mass is 322 g/mol. The van der Waals surface area contributed by atoms with Gasteiger partial charge in [0.15, 0.2) is 0 Å². The van der Waals surface area contributed by atoms with Crippen molar-refractivity contribution in [1.29, 1.82) is 0 Å². The van der Waals surface area contributed by atoms with Gasteiger partial charge in [-0.15, -0.1) is 0 Å². The molecule has 2 rings (SSSR count). The quantitative estimate of drug-likeness (QED) is 0.562. The van der Waals surface area contributed by atoms with Crippen molar-refractivity contribution in [2.75, 3.05) is 11.9 Å². The van der Waals surface area contributed by atoms with Gasteiger partial charge in [-0.05, 0) is 55.3 Å². The van der Waals surface area contributed by atoms with Crippen LogP contribution in [0.4, 0.5) is 0 Å². The van der Waals surface area contributed by atoms with Gasteiger partial charge in [0.25, 0.3) is 0 Å². The van der Waals surface area contributed by atoms with Crippen LogP contribution >= 0.6 is 15.9 Å². The predicted molar refractivity (Wildman–Crippen MR) is 83.6 cm³/mol. The second-order valence-electron chi connectivity index (χ2n) is 4.73. The Hall–Kier alpha value is -1.22. The van der Waals surface area contributed by atoms with Gasteiger partial charge < -0.3 is 9.47 Å². The van der Waals surface area contributed by atoms with E-state index in [1.165, 1.54) is 10.8 Å². The molecule has 0 radical (unpaired) electrons. The minimum Gasteiger partial charge on any atom is -0.494 e. The molecule has 0 saturated heterocycles. The van der Waals surface area contributed by atoms with Crippen LogP contribution in [0.1, 0.15) is 20.3 Å². The van der Waals surface area contributed by atoms with Crippen molar-refractivity contribution in [3.05, 3.63) is 36.4 Å². The van der Waals surface area contributed by atoms with E-state index in [0.29, 0.717) is 0 Å². The van der Waals surface area contributed by atoms with Crippen molar-refractivity contribution < 1.29 is 9.47 Å². The van der Waals surface area contributed by atoms with E-state index >= 15 is 0 Å². The standard InChI is InChI=1S/C16H19BrO2/c1-12(2)19-16-7-5-13-10-15(18-9-3-8-17)6-4-14(13)11-16/h4-7,10-12H,3,8-9H2,1-2H3. The molecule has 2 aromatic carbocycles. The Morgan fingerprint density at radius 1 is 1.00 bits per heavy atom. The summed E-state index contributed by atoms with van der Waals surface area (Å²) in [5.41, 5.74) is 0. The summed E-state index contributed by atoms with van der Waals surface area (Å²) in [5, 5.41) is 3.31. The van der Waals surface area contributed by atoms with Gasteiger partial charge in [-0.2, -0.15) is 0 Å². The molecule has 0 atom stereocenters. The van der Waals surface area contributed by atoms with Gasteiger partial charge in [-0.3, -0.25) is 0 Å². The fourth-order valence-corrected chi connectivity index (χ4v) is 2.11. The third-order valence-corrected chi connectivity index (χ3v) is 3.26. The van der Waals surface area contributed by atoms with Crippen molar-refractivity contribution >= 4 is 26.7 Å². The maximum absolute atomic E-state index is 5.70. The van der Waals surface area contributed by atoms with Crippen LogP contribution in [0.5, 0.6) is 11.5 Å². The molecule has 0 unspecified atom stereocenters. The van der Waals surface area contributed by atoms with E-state index in [4.69, 9.17) is 9.47 Å². The van der Waals surface area contributed by atoms with Gasteiger partial charge in [-0.1, -0.05) is 28.1 Å². The normalized spacial score (nSPS) is 10.9. The lowest BCUT2D eigenvalue weighted by Gasteiger charge is -2.11. The smallest absolute Gasteiger partial charge is 0.120 e. The summed E-state index contributed by atoms with van der Waals surface area (Å²) in [6.07, 6.45) is 1.21. The Morgan fingerprint density at radius 3 is 2.26 bits per heavy atom. The molecule has 3 heteroatoms. The Morgan fingerprint density at radius 2 is 1.63 bits per heavy atom. The van der Waals surface area contributed by atoms with Crippen molar-refractivity contribution in [3.8, 4) is 11.5 Å². The predicted octanol–water partition coefficient (Wildman–Crippen LogP) is 4.79. The molecule has 0 aromatic heterocycles. The zero-order valence-electron chi connectivity index (χ0n) is 11.4. The molecule has 102 valence electrons. The number of rotatable bonds is 6. The Kier molecular flexibility index (Phi) is 5.08. The summed E-state index contributed by atoms with van der Waals surface area (Å²) in [4.78, 5) is 0. The summed E-state index contributed by atoms with van der Waals surface area (Å²) >= 11 is 3.40. The highest BCUT2D eigenvalue weighted by Gasteiger charge is 2.01. The first-order chi connectivity index (χ1) is 9.19. The van der Waals surface area contributed by atoms with Crippen LogP contribution in [0.3, 0.4) is 0 Å². The first-order valence-corrected chi connectivity index (χ1v) is 7.70. The Labute approximate surface area is 122 Å². The van der Waals surface area contributed by atoms with Crippen LogP contribution in [0.2, 0.25) is 0 Å². The van der Waals surface area contributed by atoms with Crippen LogP contribution in [-0.4, -0.2) is 18.0 Å². The highest BCUT2D eigenvalue weighted by molar-refractivity contribution is 9.09. The summed E-state index contributed by atoms with van der Waals surface area (Å²) in [5.74, 6) is 1.83. The molecule has 0 aliphatic heterocycles. The molecule has 0 fully saturated rings. The molecule has 0 aliphatic carbocycles. The van der Waals surface area contributed by atoms with Crippen LogP contribution in [0.15, 0.2) is 36.4 Å². The molecule has 2 aromatic rings. The first-order valence-electron chi connectivity index (χ1n) is 6.58. The molecule has 0 bridgehead atoms. The molecular weight excluding hydrogens is 304 g/mol. The Bertz CT molecular complexity index is 537. The molecule has 0 aliphatic rings. The molecular formula is C16H19BrO2. The van der Waals surface area contributed by atoms with Crippen molar-refractivity contribution in [2.45, 2.75) is 26.4 Å². The highest BCUT2D eigenvalue weighted by atomic mass is 79.9. The maximum Gasteiger partial charge on any atom is 0.120 e. The number of hydrogen-bond donors (Lipinski definition) is 0. The molecule has 0 spiro atoms. The average Bonchev–Trinajstić information content (AvgIpc) is 2.38. The molecule has 0 heterocycles. The van der Waals surface area contributed by atoms with E-state index in [0.717, 1.165) is 29.9 Å². The fraction of sp³-hybridized carbons (Fsp3) is 0.375. The third kappa shape index (κ3) is 4.13. The third-order valence-electron chi connectivity index (χ3n) is 2.70. The number of ether oxygens (including phenoxy) is 2. The van der Waals surface area contributed by atoms with E-state index in [1.54, 1.807) is 0 Å². The molecule has 19 heavy (non-hydrogen) atoms. The molecule has 0 amide bonds. The molecule has 0 N–H and O–H groups in total. The number of hydrogen-bond acceptors (Lipinski definition) is 2. The van der Waals surface area contributed by atoms with E-state index < -0.39 is 0 Å². The van der Waals surface area contributed by atoms with Gasteiger partial charge in [-0.25, -0.2) is 0 Å². The second kappa shape index (κ2) is 6.80. The lowest BCUT2D eigenvalue weighted by Crippen LogP contribution is -2.05. The van der Waals surface area contributed by atoms with E-state index in [1.807, 2.05) is 26.0 Å². The minimum atomic E-state index is 0.198. The van der Waals surface area contributed by atoms with Crippen molar-refractivity contribution in [2.24, 2.45) is 0 Å². The van der Waals surface area contributed by atoms with Crippen molar-refractivity contribution in [3.63, 3.8) is 0 Å².